The number of hydrogen-bond acceptors (Lipinski definition) is 1. The van der Waals surface area contributed by atoms with Gasteiger partial charge in [-0.05, 0) is 49.7 Å². The van der Waals surface area contributed by atoms with Gasteiger partial charge in [0.2, 0.25) is 0 Å². The lowest BCUT2D eigenvalue weighted by atomic mass is 9.76. The lowest BCUT2D eigenvalue weighted by Gasteiger charge is -2.35. The van der Waals surface area contributed by atoms with Crippen LogP contribution in [0.1, 0.15) is 47.1 Å². The first-order valence-electron chi connectivity index (χ1n) is 7.80. The summed E-state index contributed by atoms with van der Waals surface area (Å²) in [6.07, 6.45) is -2.48. The van der Waals surface area contributed by atoms with Crippen molar-refractivity contribution in [1.82, 2.24) is 4.90 Å². The van der Waals surface area contributed by atoms with Crippen LogP contribution in [0.5, 0.6) is 0 Å². The summed E-state index contributed by atoms with van der Waals surface area (Å²) in [6.45, 7) is 0. The minimum absolute atomic E-state index is 0.0321. The van der Waals surface area contributed by atoms with E-state index in [1.165, 1.54) is 17.7 Å². The molecule has 0 spiro atoms. The van der Waals surface area contributed by atoms with E-state index in [9.17, 15) is 13.2 Å². The molecule has 0 fully saturated rings. The van der Waals surface area contributed by atoms with Gasteiger partial charge in [0.1, 0.15) is 0 Å². The van der Waals surface area contributed by atoms with E-state index in [-0.39, 0.29) is 5.92 Å². The standard InChI is InChI=1S/C19H20F3N/c1-23(2)18-11-10-15(16-8-3-4-9-17(16)18)13-6-5-7-14(12-13)19(20,21)22/h3-9,12,15,18H,10-11H2,1-2H3/t15?,18-/m1/s1. The highest BCUT2D eigenvalue weighted by molar-refractivity contribution is 5.43. The van der Waals surface area contributed by atoms with Crippen LogP contribution in [0.2, 0.25) is 0 Å². The second-order valence-electron chi connectivity index (χ2n) is 6.36. The SMILES string of the molecule is CN(C)[C@@H]1CCC(c2cccc(C(F)(F)F)c2)c2ccccc21. The van der Waals surface area contributed by atoms with E-state index < -0.39 is 11.7 Å². The van der Waals surface area contributed by atoms with Gasteiger partial charge >= 0.3 is 6.18 Å². The molecule has 2 atom stereocenters. The number of halogens is 3. The summed E-state index contributed by atoms with van der Waals surface area (Å²) in [7, 11) is 4.10. The molecule has 0 radical (unpaired) electrons. The fourth-order valence-corrected chi connectivity index (χ4v) is 3.58. The Labute approximate surface area is 134 Å². The van der Waals surface area contributed by atoms with Crippen LogP contribution >= 0.6 is 0 Å². The highest BCUT2D eigenvalue weighted by Gasteiger charge is 2.33. The molecule has 0 N–H and O–H groups in total. The average Bonchev–Trinajstić information content (AvgIpc) is 2.53. The van der Waals surface area contributed by atoms with Gasteiger partial charge in [0.25, 0.3) is 0 Å². The predicted octanol–water partition coefficient (Wildman–Crippen LogP) is 5.23. The molecule has 0 bridgehead atoms. The number of fused-ring (bicyclic) bond motifs is 1. The molecule has 4 heteroatoms. The van der Waals surface area contributed by atoms with Crippen molar-refractivity contribution in [3.8, 4) is 0 Å². The van der Waals surface area contributed by atoms with Gasteiger partial charge in [-0.25, -0.2) is 0 Å². The van der Waals surface area contributed by atoms with Gasteiger partial charge in [-0.15, -0.1) is 0 Å². The Morgan fingerprint density at radius 3 is 2.26 bits per heavy atom. The van der Waals surface area contributed by atoms with Crippen molar-refractivity contribution in [1.29, 1.82) is 0 Å². The predicted molar refractivity (Wildman–Crippen MR) is 85.4 cm³/mol. The molecule has 1 nitrogen and oxygen atoms in total. The Morgan fingerprint density at radius 2 is 1.61 bits per heavy atom. The van der Waals surface area contributed by atoms with Crippen LogP contribution < -0.4 is 0 Å². The zero-order valence-corrected chi connectivity index (χ0v) is 13.3. The van der Waals surface area contributed by atoms with E-state index in [0.29, 0.717) is 6.04 Å². The highest BCUT2D eigenvalue weighted by Crippen LogP contribution is 2.43. The Bertz CT molecular complexity index is 691. The first-order valence-corrected chi connectivity index (χ1v) is 7.80. The van der Waals surface area contributed by atoms with Gasteiger partial charge < -0.3 is 4.90 Å². The molecule has 0 aliphatic heterocycles. The minimum atomic E-state index is -4.30. The van der Waals surface area contributed by atoms with E-state index in [1.807, 2.05) is 32.3 Å². The van der Waals surface area contributed by atoms with Crippen molar-refractivity contribution in [3.05, 3.63) is 70.8 Å². The van der Waals surface area contributed by atoms with Crippen LogP contribution in [0.4, 0.5) is 13.2 Å². The molecular formula is C19H20F3N. The molecule has 0 heterocycles. The van der Waals surface area contributed by atoms with E-state index >= 15 is 0 Å². The van der Waals surface area contributed by atoms with Crippen LogP contribution in [0.3, 0.4) is 0 Å². The molecule has 2 aromatic rings. The highest BCUT2D eigenvalue weighted by atomic mass is 19.4. The van der Waals surface area contributed by atoms with E-state index in [1.54, 1.807) is 0 Å². The molecular weight excluding hydrogens is 299 g/mol. The first-order chi connectivity index (χ1) is 10.9. The monoisotopic (exact) mass is 319 g/mol. The van der Waals surface area contributed by atoms with Crippen LogP contribution in [0.25, 0.3) is 0 Å². The van der Waals surface area contributed by atoms with Gasteiger partial charge in [-0.3, -0.25) is 0 Å². The maximum atomic E-state index is 13.0. The minimum Gasteiger partial charge on any atom is -0.302 e. The zero-order chi connectivity index (χ0) is 16.6. The molecule has 0 saturated carbocycles. The number of nitrogens with zero attached hydrogens (tertiary/aromatic N) is 1. The third kappa shape index (κ3) is 3.13. The fraction of sp³-hybridized carbons (Fsp3) is 0.368. The second-order valence-corrected chi connectivity index (χ2v) is 6.36. The van der Waals surface area contributed by atoms with Gasteiger partial charge in [0.15, 0.2) is 0 Å². The van der Waals surface area contributed by atoms with Crippen molar-refractivity contribution in [2.45, 2.75) is 31.0 Å². The summed E-state index contributed by atoms with van der Waals surface area (Å²) < 4.78 is 39.0. The Morgan fingerprint density at radius 1 is 0.913 bits per heavy atom. The fourth-order valence-electron chi connectivity index (χ4n) is 3.58. The largest absolute Gasteiger partial charge is 0.416 e. The number of alkyl halides is 3. The Hall–Kier alpha value is -1.81. The van der Waals surface area contributed by atoms with E-state index in [0.717, 1.165) is 30.0 Å². The first kappa shape index (κ1) is 16.1. The topological polar surface area (TPSA) is 3.24 Å². The molecule has 0 amide bonds. The van der Waals surface area contributed by atoms with Gasteiger partial charge in [0, 0.05) is 12.0 Å². The second kappa shape index (κ2) is 6.00. The molecule has 1 aliphatic rings. The summed E-state index contributed by atoms with van der Waals surface area (Å²) >= 11 is 0. The number of rotatable bonds is 2. The summed E-state index contributed by atoms with van der Waals surface area (Å²) in [5, 5.41) is 0. The van der Waals surface area contributed by atoms with Crippen molar-refractivity contribution >= 4 is 0 Å². The van der Waals surface area contributed by atoms with Crippen LogP contribution in [0.15, 0.2) is 48.5 Å². The van der Waals surface area contributed by atoms with Gasteiger partial charge in [-0.2, -0.15) is 13.2 Å². The van der Waals surface area contributed by atoms with Crippen molar-refractivity contribution < 1.29 is 13.2 Å². The molecule has 1 unspecified atom stereocenters. The van der Waals surface area contributed by atoms with Crippen molar-refractivity contribution in [2.75, 3.05) is 14.1 Å². The van der Waals surface area contributed by atoms with Crippen molar-refractivity contribution in [2.24, 2.45) is 0 Å². The Balaban J connectivity index is 2.03. The molecule has 1 aliphatic carbocycles. The lowest BCUT2D eigenvalue weighted by Crippen LogP contribution is -2.26. The molecule has 2 aromatic carbocycles. The van der Waals surface area contributed by atoms with Gasteiger partial charge in [0.05, 0.1) is 5.56 Å². The van der Waals surface area contributed by atoms with Crippen molar-refractivity contribution in [3.63, 3.8) is 0 Å². The summed E-state index contributed by atoms with van der Waals surface area (Å²) in [5.41, 5.74) is 2.56. The third-order valence-corrected chi connectivity index (χ3v) is 4.70. The molecule has 23 heavy (non-hydrogen) atoms. The molecule has 0 aromatic heterocycles. The normalized spacial score (nSPS) is 21.3. The molecule has 122 valence electrons. The average molecular weight is 319 g/mol. The van der Waals surface area contributed by atoms with E-state index in [2.05, 4.69) is 17.0 Å². The summed E-state index contributed by atoms with van der Waals surface area (Å²) in [4.78, 5) is 2.18. The molecule has 3 rings (SSSR count). The van der Waals surface area contributed by atoms with E-state index in [4.69, 9.17) is 0 Å². The summed E-state index contributed by atoms with van der Waals surface area (Å²) in [6, 6.07) is 14.2. The van der Waals surface area contributed by atoms with Gasteiger partial charge in [-0.1, -0.05) is 42.5 Å². The maximum absolute atomic E-state index is 13.0. The van der Waals surface area contributed by atoms with Crippen LogP contribution in [-0.4, -0.2) is 19.0 Å². The summed E-state index contributed by atoms with van der Waals surface area (Å²) in [5.74, 6) is 0.0321. The Kier molecular flexibility index (Phi) is 4.19. The van der Waals surface area contributed by atoms with Crippen LogP contribution in [0, 0.1) is 0 Å². The third-order valence-electron chi connectivity index (χ3n) is 4.70. The smallest absolute Gasteiger partial charge is 0.302 e. The quantitative estimate of drug-likeness (QED) is 0.732. The van der Waals surface area contributed by atoms with Crippen LogP contribution in [-0.2, 0) is 6.18 Å². The number of benzene rings is 2. The maximum Gasteiger partial charge on any atom is 0.416 e. The zero-order valence-electron chi connectivity index (χ0n) is 13.3. The lowest BCUT2D eigenvalue weighted by molar-refractivity contribution is -0.137. The number of hydrogen-bond donors (Lipinski definition) is 0. The molecule has 0 saturated heterocycles.